The molecule has 1 rings (SSSR count). The first-order valence-corrected chi connectivity index (χ1v) is 4.83. The Morgan fingerprint density at radius 1 is 1.25 bits per heavy atom. The predicted molar refractivity (Wildman–Crippen MR) is 53.6 cm³/mol. The third-order valence-corrected chi connectivity index (χ3v) is 2.33. The van der Waals surface area contributed by atoms with E-state index in [0.29, 0.717) is 11.1 Å². The van der Waals surface area contributed by atoms with Gasteiger partial charge >= 0.3 is 0 Å². The molecule has 2 nitrogen and oxygen atoms in total. The quantitative estimate of drug-likeness (QED) is 0.579. The number of nitriles is 2. The van der Waals surface area contributed by atoms with Gasteiger partial charge in [0.15, 0.2) is 0 Å². The fourth-order valence-electron chi connectivity index (χ4n) is 0.867. The van der Waals surface area contributed by atoms with Gasteiger partial charge in [0.1, 0.15) is 0 Å². The molecule has 3 heteroatoms. The third kappa shape index (κ3) is 1.75. The van der Waals surface area contributed by atoms with Gasteiger partial charge in [0.25, 0.3) is 0 Å². The first-order chi connectivity index (χ1) is 5.81. The Morgan fingerprint density at radius 3 is 2.50 bits per heavy atom. The van der Waals surface area contributed by atoms with Crippen LogP contribution in [0.15, 0.2) is 18.2 Å². The Kier molecular flexibility index (Phi) is 3.07. The summed E-state index contributed by atoms with van der Waals surface area (Å²) < 4.78 is 0.798. The molecule has 0 bridgehead atoms. The van der Waals surface area contributed by atoms with Gasteiger partial charge in [-0.25, -0.2) is 0 Å². The van der Waals surface area contributed by atoms with Crippen molar-refractivity contribution in [3.8, 4) is 12.1 Å². The van der Waals surface area contributed by atoms with Gasteiger partial charge in [-0.05, 0) is 17.7 Å². The molecule has 0 spiro atoms. The number of alkyl halides is 1. The highest BCUT2D eigenvalue weighted by Gasteiger charge is 2.00. The number of halogens is 1. The minimum absolute atomic E-state index is 0.542. The van der Waals surface area contributed by atoms with E-state index in [1.54, 1.807) is 12.1 Å². The molecule has 0 heterocycles. The number of rotatable bonds is 1. The zero-order valence-electron chi connectivity index (χ0n) is 6.21. The molecule has 0 aliphatic heterocycles. The molecule has 1 aromatic rings. The second kappa shape index (κ2) is 4.08. The fraction of sp³-hybridized carbons (Fsp3) is 0.111. The maximum absolute atomic E-state index is 8.71. The van der Waals surface area contributed by atoms with E-state index >= 15 is 0 Å². The Morgan fingerprint density at radius 2 is 2.00 bits per heavy atom. The predicted octanol–water partition coefficient (Wildman–Crippen LogP) is 2.36. The highest BCUT2D eigenvalue weighted by atomic mass is 127. The molecule has 0 aromatic heterocycles. The van der Waals surface area contributed by atoms with Gasteiger partial charge in [0, 0.05) is 4.43 Å². The SMILES string of the molecule is N#Cc1ccc(CI)c(C#N)c1. The van der Waals surface area contributed by atoms with Gasteiger partial charge in [-0.2, -0.15) is 10.5 Å². The highest BCUT2D eigenvalue weighted by molar-refractivity contribution is 14.1. The third-order valence-electron chi connectivity index (χ3n) is 1.50. The lowest BCUT2D eigenvalue weighted by molar-refractivity contribution is 1.36. The Labute approximate surface area is 84.6 Å². The summed E-state index contributed by atoms with van der Waals surface area (Å²) in [5.41, 5.74) is 2.13. The smallest absolute Gasteiger partial charge is 0.0995 e. The summed E-state index contributed by atoms with van der Waals surface area (Å²) in [6, 6.07) is 9.24. The maximum atomic E-state index is 8.71. The highest BCUT2D eigenvalue weighted by Crippen LogP contribution is 2.13. The van der Waals surface area contributed by atoms with Crippen LogP contribution in [-0.4, -0.2) is 0 Å². The number of benzene rings is 1. The first kappa shape index (κ1) is 9.02. The average molecular weight is 268 g/mol. The van der Waals surface area contributed by atoms with Crippen LogP contribution in [0, 0.1) is 22.7 Å². The molecular weight excluding hydrogens is 263 g/mol. The number of nitrogens with zero attached hydrogens (tertiary/aromatic N) is 2. The van der Waals surface area contributed by atoms with Crippen LogP contribution in [-0.2, 0) is 4.43 Å². The van der Waals surface area contributed by atoms with Crippen LogP contribution in [0.3, 0.4) is 0 Å². The maximum Gasteiger partial charge on any atom is 0.0995 e. The average Bonchev–Trinajstić information content (AvgIpc) is 2.16. The van der Waals surface area contributed by atoms with Crippen molar-refractivity contribution in [3.05, 3.63) is 34.9 Å². The van der Waals surface area contributed by atoms with E-state index in [4.69, 9.17) is 10.5 Å². The summed E-state index contributed by atoms with van der Waals surface area (Å²) in [6.45, 7) is 0. The van der Waals surface area contributed by atoms with Gasteiger partial charge in [-0.3, -0.25) is 0 Å². The molecule has 1 aromatic carbocycles. The van der Waals surface area contributed by atoms with Crippen molar-refractivity contribution in [2.45, 2.75) is 4.43 Å². The second-order valence-corrected chi connectivity index (χ2v) is 2.99. The van der Waals surface area contributed by atoms with Crippen molar-refractivity contribution in [2.75, 3.05) is 0 Å². The summed E-state index contributed by atoms with van der Waals surface area (Å²) in [6.07, 6.45) is 0. The van der Waals surface area contributed by atoms with Gasteiger partial charge < -0.3 is 0 Å². The fourth-order valence-corrected chi connectivity index (χ4v) is 1.53. The van der Waals surface area contributed by atoms with Crippen molar-refractivity contribution in [2.24, 2.45) is 0 Å². The molecule has 0 saturated carbocycles. The Hall–Kier alpha value is -1.07. The largest absolute Gasteiger partial charge is 0.192 e. The summed E-state index contributed by atoms with van der Waals surface area (Å²) in [5.74, 6) is 0. The van der Waals surface area contributed by atoms with Crippen molar-refractivity contribution < 1.29 is 0 Å². The summed E-state index contributed by atoms with van der Waals surface area (Å²) >= 11 is 2.19. The molecule has 0 aliphatic carbocycles. The molecule has 0 unspecified atom stereocenters. The summed E-state index contributed by atoms with van der Waals surface area (Å²) in [7, 11) is 0. The van der Waals surface area contributed by atoms with Crippen LogP contribution in [0.25, 0.3) is 0 Å². The van der Waals surface area contributed by atoms with Crippen LogP contribution in [0.2, 0.25) is 0 Å². The Balaban J connectivity index is 3.24. The number of hydrogen-bond donors (Lipinski definition) is 0. The van der Waals surface area contributed by atoms with E-state index in [9.17, 15) is 0 Å². The normalized spacial score (nSPS) is 8.58. The van der Waals surface area contributed by atoms with E-state index in [1.807, 2.05) is 12.1 Å². The lowest BCUT2D eigenvalue weighted by Gasteiger charge is -1.97. The van der Waals surface area contributed by atoms with Crippen molar-refractivity contribution in [1.82, 2.24) is 0 Å². The van der Waals surface area contributed by atoms with E-state index in [0.717, 1.165) is 9.99 Å². The van der Waals surface area contributed by atoms with E-state index in [1.165, 1.54) is 0 Å². The van der Waals surface area contributed by atoms with Crippen LogP contribution in [0.4, 0.5) is 0 Å². The summed E-state index contributed by atoms with van der Waals surface area (Å²) in [5, 5.41) is 17.3. The minimum atomic E-state index is 0.542. The van der Waals surface area contributed by atoms with E-state index < -0.39 is 0 Å². The van der Waals surface area contributed by atoms with Crippen molar-refractivity contribution in [1.29, 1.82) is 10.5 Å². The monoisotopic (exact) mass is 268 g/mol. The second-order valence-electron chi connectivity index (χ2n) is 2.23. The van der Waals surface area contributed by atoms with E-state index in [2.05, 4.69) is 28.7 Å². The standard InChI is InChI=1S/C9H5IN2/c10-4-8-2-1-7(5-11)3-9(8)6-12/h1-3H,4H2. The van der Waals surface area contributed by atoms with Crippen molar-refractivity contribution in [3.63, 3.8) is 0 Å². The topological polar surface area (TPSA) is 47.6 Å². The zero-order chi connectivity index (χ0) is 8.97. The van der Waals surface area contributed by atoms with Gasteiger partial charge in [-0.15, -0.1) is 0 Å². The number of hydrogen-bond acceptors (Lipinski definition) is 2. The van der Waals surface area contributed by atoms with Gasteiger partial charge in [0.2, 0.25) is 0 Å². The first-order valence-electron chi connectivity index (χ1n) is 3.31. The lowest BCUT2D eigenvalue weighted by atomic mass is 10.1. The molecule has 0 N–H and O–H groups in total. The molecule has 0 atom stereocenters. The van der Waals surface area contributed by atoms with E-state index in [-0.39, 0.29) is 0 Å². The van der Waals surface area contributed by atoms with Gasteiger partial charge in [0.05, 0.1) is 23.3 Å². The van der Waals surface area contributed by atoms with Crippen LogP contribution >= 0.6 is 22.6 Å². The van der Waals surface area contributed by atoms with Crippen LogP contribution in [0.1, 0.15) is 16.7 Å². The molecule has 0 amide bonds. The molecular formula is C9H5IN2. The molecule has 0 saturated heterocycles. The molecule has 58 valence electrons. The molecule has 12 heavy (non-hydrogen) atoms. The van der Waals surface area contributed by atoms with Crippen LogP contribution < -0.4 is 0 Å². The Bertz CT molecular complexity index is 371. The van der Waals surface area contributed by atoms with Crippen LogP contribution in [0.5, 0.6) is 0 Å². The molecule has 0 aliphatic rings. The van der Waals surface area contributed by atoms with Gasteiger partial charge in [-0.1, -0.05) is 28.7 Å². The minimum Gasteiger partial charge on any atom is -0.192 e. The molecule has 0 fully saturated rings. The summed E-state index contributed by atoms with van der Waals surface area (Å²) in [4.78, 5) is 0. The lowest BCUT2D eigenvalue weighted by Crippen LogP contribution is -1.86. The zero-order valence-corrected chi connectivity index (χ0v) is 8.37. The van der Waals surface area contributed by atoms with Crippen molar-refractivity contribution >= 4 is 22.6 Å². The molecule has 0 radical (unpaired) electrons.